The Labute approximate surface area is 176 Å². The van der Waals surface area contributed by atoms with E-state index in [0.717, 1.165) is 35.5 Å². The quantitative estimate of drug-likeness (QED) is 0.424. The van der Waals surface area contributed by atoms with E-state index in [1.165, 1.54) is 6.42 Å². The fourth-order valence-electron chi connectivity index (χ4n) is 3.67. The number of benzene rings is 2. The highest BCUT2D eigenvalue weighted by atomic mass is 79.9. The molecule has 1 aliphatic carbocycles. The van der Waals surface area contributed by atoms with Gasteiger partial charge in [0.15, 0.2) is 5.69 Å². The van der Waals surface area contributed by atoms with Crippen LogP contribution in [0.2, 0.25) is 0 Å². The minimum atomic E-state index is -0.576. The standard InChI is InChI=1S/C22H22BrN3O3/c23-14-10-12-16(13-11-14)25-22(28)26-20-19(24-15-6-2-1-3-7-15)17-8-4-5-9-18(17)29-21(20)27/h4-5,8-13,15,24H,1-3,6-7H2,(H2,25,26,28). The van der Waals surface area contributed by atoms with Crippen molar-refractivity contribution in [2.45, 2.75) is 38.1 Å². The molecule has 0 spiro atoms. The topological polar surface area (TPSA) is 83.4 Å². The molecule has 29 heavy (non-hydrogen) atoms. The number of hydrogen-bond acceptors (Lipinski definition) is 4. The van der Waals surface area contributed by atoms with Crippen molar-refractivity contribution in [2.24, 2.45) is 0 Å². The smallest absolute Gasteiger partial charge is 0.362 e. The molecule has 0 unspecified atom stereocenters. The molecule has 0 radical (unpaired) electrons. The van der Waals surface area contributed by atoms with Gasteiger partial charge in [-0.1, -0.05) is 47.3 Å². The van der Waals surface area contributed by atoms with Crippen LogP contribution in [-0.4, -0.2) is 12.1 Å². The molecule has 0 atom stereocenters. The van der Waals surface area contributed by atoms with Gasteiger partial charge in [-0.3, -0.25) is 5.32 Å². The highest BCUT2D eigenvalue weighted by Crippen LogP contribution is 2.32. The van der Waals surface area contributed by atoms with Crippen molar-refractivity contribution in [2.75, 3.05) is 16.0 Å². The Kier molecular flexibility index (Phi) is 5.85. The van der Waals surface area contributed by atoms with Crippen LogP contribution in [0.5, 0.6) is 0 Å². The Morgan fingerprint density at radius 2 is 1.66 bits per heavy atom. The SMILES string of the molecule is O=C(Nc1ccc(Br)cc1)Nc1c(NC2CCCCC2)c2ccccc2oc1=O. The van der Waals surface area contributed by atoms with Gasteiger partial charge in [-0.05, 0) is 49.2 Å². The first-order valence-corrected chi connectivity index (χ1v) is 10.6. The second-order valence-electron chi connectivity index (χ2n) is 7.20. The number of carbonyl (C=O) groups excluding carboxylic acids is 1. The van der Waals surface area contributed by atoms with E-state index in [1.54, 1.807) is 18.2 Å². The molecule has 1 aromatic heterocycles. The fourth-order valence-corrected chi connectivity index (χ4v) is 3.94. The van der Waals surface area contributed by atoms with E-state index in [0.29, 0.717) is 17.0 Å². The summed E-state index contributed by atoms with van der Waals surface area (Å²) in [5.41, 5.74) is 1.29. The second kappa shape index (κ2) is 8.69. The van der Waals surface area contributed by atoms with Gasteiger partial charge >= 0.3 is 11.7 Å². The lowest BCUT2D eigenvalue weighted by atomic mass is 9.95. The molecule has 1 saturated carbocycles. The lowest BCUT2D eigenvalue weighted by Gasteiger charge is -2.25. The van der Waals surface area contributed by atoms with Crippen LogP contribution >= 0.6 is 15.9 Å². The number of amides is 2. The Balaban J connectivity index is 1.65. The predicted octanol–water partition coefficient (Wildman–Crippen LogP) is 5.94. The first kappa shape index (κ1) is 19.5. The minimum absolute atomic E-state index is 0.129. The molecule has 6 nitrogen and oxygen atoms in total. The van der Waals surface area contributed by atoms with Crippen LogP contribution in [0.15, 0.2) is 62.2 Å². The Morgan fingerprint density at radius 1 is 0.931 bits per heavy atom. The maximum absolute atomic E-state index is 12.7. The normalized spacial score (nSPS) is 14.5. The summed E-state index contributed by atoms with van der Waals surface area (Å²) in [6.45, 7) is 0. The zero-order valence-electron chi connectivity index (χ0n) is 15.8. The van der Waals surface area contributed by atoms with E-state index in [1.807, 2.05) is 30.3 Å². The summed E-state index contributed by atoms with van der Waals surface area (Å²) in [6, 6.07) is 14.3. The van der Waals surface area contributed by atoms with Crippen LogP contribution in [-0.2, 0) is 0 Å². The Morgan fingerprint density at radius 3 is 2.41 bits per heavy atom. The zero-order valence-corrected chi connectivity index (χ0v) is 17.4. The fraction of sp³-hybridized carbons (Fsp3) is 0.273. The van der Waals surface area contributed by atoms with Crippen LogP contribution in [0.3, 0.4) is 0 Å². The van der Waals surface area contributed by atoms with E-state index in [9.17, 15) is 9.59 Å². The molecule has 7 heteroatoms. The van der Waals surface area contributed by atoms with Crippen molar-refractivity contribution < 1.29 is 9.21 Å². The molecule has 0 aliphatic heterocycles. The lowest BCUT2D eigenvalue weighted by molar-refractivity contribution is 0.262. The number of anilines is 3. The maximum atomic E-state index is 12.7. The van der Waals surface area contributed by atoms with Crippen LogP contribution in [0.25, 0.3) is 11.0 Å². The van der Waals surface area contributed by atoms with E-state index in [2.05, 4.69) is 31.9 Å². The molecule has 3 N–H and O–H groups in total. The van der Waals surface area contributed by atoms with Gasteiger partial charge in [0.05, 0.1) is 5.69 Å². The highest BCUT2D eigenvalue weighted by molar-refractivity contribution is 9.10. The first-order chi connectivity index (χ1) is 14.1. The molecular formula is C22H22BrN3O3. The molecule has 0 saturated heterocycles. The third-order valence-corrected chi connectivity index (χ3v) is 5.64. The number of fused-ring (bicyclic) bond motifs is 1. The first-order valence-electron chi connectivity index (χ1n) is 9.76. The number of carbonyl (C=O) groups is 1. The minimum Gasteiger partial charge on any atom is -0.421 e. The van der Waals surface area contributed by atoms with Crippen molar-refractivity contribution in [3.8, 4) is 0 Å². The maximum Gasteiger partial charge on any atom is 0.362 e. The average molecular weight is 456 g/mol. The van der Waals surface area contributed by atoms with Gasteiger partial charge in [0.2, 0.25) is 0 Å². The average Bonchev–Trinajstić information content (AvgIpc) is 2.73. The number of nitrogens with one attached hydrogen (secondary N) is 3. The zero-order chi connectivity index (χ0) is 20.2. The molecular weight excluding hydrogens is 434 g/mol. The second-order valence-corrected chi connectivity index (χ2v) is 8.12. The summed E-state index contributed by atoms with van der Waals surface area (Å²) in [5, 5.41) is 9.71. The van der Waals surface area contributed by atoms with Crippen molar-refractivity contribution >= 4 is 50.0 Å². The predicted molar refractivity (Wildman–Crippen MR) is 120 cm³/mol. The number of para-hydroxylation sites is 1. The van der Waals surface area contributed by atoms with Gasteiger partial charge in [-0.15, -0.1) is 0 Å². The van der Waals surface area contributed by atoms with Crippen LogP contribution < -0.4 is 21.6 Å². The molecule has 2 amide bonds. The molecule has 0 bridgehead atoms. The summed E-state index contributed by atoms with van der Waals surface area (Å²) in [5.74, 6) is 0. The number of hydrogen-bond donors (Lipinski definition) is 3. The molecule has 1 heterocycles. The van der Waals surface area contributed by atoms with E-state index >= 15 is 0 Å². The van der Waals surface area contributed by atoms with Crippen LogP contribution in [0.4, 0.5) is 21.9 Å². The highest BCUT2D eigenvalue weighted by Gasteiger charge is 2.21. The van der Waals surface area contributed by atoms with Crippen molar-refractivity contribution in [1.82, 2.24) is 0 Å². The third kappa shape index (κ3) is 4.62. The molecule has 2 aromatic carbocycles. The number of rotatable bonds is 4. The molecule has 4 rings (SSSR count). The van der Waals surface area contributed by atoms with Gasteiger partial charge in [-0.25, -0.2) is 9.59 Å². The van der Waals surface area contributed by atoms with Gasteiger partial charge in [0.1, 0.15) is 5.58 Å². The third-order valence-electron chi connectivity index (χ3n) is 5.11. The van der Waals surface area contributed by atoms with Gasteiger partial charge < -0.3 is 15.1 Å². The summed E-state index contributed by atoms with van der Waals surface area (Å²) in [7, 11) is 0. The van der Waals surface area contributed by atoms with E-state index < -0.39 is 11.7 Å². The molecule has 3 aromatic rings. The summed E-state index contributed by atoms with van der Waals surface area (Å²) in [6.07, 6.45) is 5.63. The van der Waals surface area contributed by atoms with Gasteiger partial charge in [0.25, 0.3) is 0 Å². The van der Waals surface area contributed by atoms with Crippen molar-refractivity contribution in [3.63, 3.8) is 0 Å². The van der Waals surface area contributed by atoms with E-state index in [-0.39, 0.29) is 11.7 Å². The lowest BCUT2D eigenvalue weighted by Crippen LogP contribution is -2.27. The van der Waals surface area contributed by atoms with Gasteiger partial charge in [-0.2, -0.15) is 0 Å². The number of halogens is 1. The van der Waals surface area contributed by atoms with Crippen molar-refractivity contribution in [1.29, 1.82) is 0 Å². The van der Waals surface area contributed by atoms with Crippen LogP contribution in [0.1, 0.15) is 32.1 Å². The summed E-state index contributed by atoms with van der Waals surface area (Å²) < 4.78 is 6.36. The molecule has 1 fully saturated rings. The monoisotopic (exact) mass is 455 g/mol. The Bertz CT molecular complexity index is 1070. The molecule has 1 aliphatic rings. The summed E-state index contributed by atoms with van der Waals surface area (Å²) in [4.78, 5) is 25.2. The van der Waals surface area contributed by atoms with E-state index in [4.69, 9.17) is 4.42 Å². The largest absolute Gasteiger partial charge is 0.421 e. The molecule has 150 valence electrons. The Hall–Kier alpha value is -2.80. The van der Waals surface area contributed by atoms with Crippen molar-refractivity contribution in [3.05, 3.63) is 63.4 Å². The van der Waals surface area contributed by atoms with Gasteiger partial charge in [0, 0.05) is 21.6 Å². The van der Waals surface area contributed by atoms with Crippen LogP contribution in [0, 0.1) is 0 Å². The summed E-state index contributed by atoms with van der Waals surface area (Å²) >= 11 is 3.36. The number of urea groups is 1.